The first kappa shape index (κ1) is 18.1. The van der Waals surface area contributed by atoms with E-state index in [0.29, 0.717) is 5.69 Å². The van der Waals surface area contributed by atoms with Crippen LogP contribution in [-0.2, 0) is 0 Å². The third-order valence-electron chi connectivity index (χ3n) is 3.75. The van der Waals surface area contributed by atoms with Crippen LogP contribution in [-0.4, -0.2) is 21.7 Å². The van der Waals surface area contributed by atoms with Gasteiger partial charge in [0.2, 0.25) is 0 Å². The monoisotopic (exact) mass is 391 g/mol. The number of amides is 1. The van der Waals surface area contributed by atoms with Gasteiger partial charge in [-0.3, -0.25) is 14.6 Å². The number of aromatic nitrogens is 2. The topological polar surface area (TPSA) is 74.8 Å². The smallest absolute Gasteiger partial charge is 0.272 e. The van der Waals surface area contributed by atoms with Gasteiger partial charge in [-0.05, 0) is 36.8 Å². The zero-order chi connectivity index (χ0) is 18.8. The summed E-state index contributed by atoms with van der Waals surface area (Å²) in [6, 6.07) is 5.68. The average Bonchev–Trinajstić information content (AvgIpc) is 3.11. The zero-order valence-corrected chi connectivity index (χ0v) is 15.0. The standard InChI is InChI=1S/C18H12Cl2FN3O2/c1-9-4-5-22-8-14(9)24-18(26)13-6-10(7-23-13)17(25)15-11(19)2-3-12(20)16(15)21/h2-8,23H,1H3,(H,24,26). The molecular weight excluding hydrogens is 380 g/mol. The lowest BCUT2D eigenvalue weighted by Gasteiger charge is -2.06. The Labute approximate surface area is 158 Å². The second-order valence-electron chi connectivity index (χ2n) is 5.49. The first-order valence-electron chi connectivity index (χ1n) is 7.47. The molecule has 1 amide bonds. The number of nitrogens with one attached hydrogen (secondary N) is 2. The van der Waals surface area contributed by atoms with Crippen molar-refractivity contribution >= 4 is 40.6 Å². The molecule has 0 saturated carbocycles. The minimum absolute atomic E-state index is 0.0601. The maximum atomic E-state index is 14.2. The number of H-pyrrole nitrogens is 1. The molecule has 0 saturated heterocycles. The first-order valence-corrected chi connectivity index (χ1v) is 8.22. The van der Waals surface area contributed by atoms with Gasteiger partial charge >= 0.3 is 0 Å². The summed E-state index contributed by atoms with van der Waals surface area (Å²) in [7, 11) is 0. The van der Waals surface area contributed by atoms with Gasteiger partial charge in [-0.15, -0.1) is 0 Å². The molecule has 0 bridgehead atoms. The van der Waals surface area contributed by atoms with Crippen molar-refractivity contribution in [2.45, 2.75) is 6.92 Å². The highest BCUT2D eigenvalue weighted by Crippen LogP contribution is 2.28. The van der Waals surface area contributed by atoms with E-state index in [0.717, 1.165) is 5.56 Å². The Balaban J connectivity index is 1.86. The maximum Gasteiger partial charge on any atom is 0.272 e. The molecule has 2 heterocycles. The van der Waals surface area contributed by atoms with Crippen LogP contribution in [0.3, 0.4) is 0 Å². The van der Waals surface area contributed by atoms with E-state index in [2.05, 4.69) is 15.3 Å². The first-order chi connectivity index (χ1) is 12.4. The van der Waals surface area contributed by atoms with Crippen molar-refractivity contribution in [3.63, 3.8) is 0 Å². The molecule has 2 aromatic heterocycles. The fraction of sp³-hybridized carbons (Fsp3) is 0.0556. The van der Waals surface area contributed by atoms with Crippen molar-refractivity contribution in [2.75, 3.05) is 5.32 Å². The molecule has 0 aliphatic heterocycles. The molecule has 3 rings (SSSR count). The van der Waals surface area contributed by atoms with Crippen molar-refractivity contribution in [3.8, 4) is 0 Å². The molecule has 0 unspecified atom stereocenters. The number of ketones is 1. The number of hydrogen-bond donors (Lipinski definition) is 2. The molecule has 0 spiro atoms. The quantitative estimate of drug-likeness (QED) is 0.502. The van der Waals surface area contributed by atoms with Crippen molar-refractivity contribution in [2.24, 2.45) is 0 Å². The summed E-state index contributed by atoms with van der Waals surface area (Å²) in [4.78, 5) is 31.5. The highest BCUT2D eigenvalue weighted by molar-refractivity contribution is 6.37. The third kappa shape index (κ3) is 3.47. The minimum Gasteiger partial charge on any atom is -0.356 e. The van der Waals surface area contributed by atoms with E-state index in [4.69, 9.17) is 23.2 Å². The van der Waals surface area contributed by atoms with Crippen LogP contribution in [0, 0.1) is 12.7 Å². The number of carbonyl (C=O) groups is 2. The molecule has 132 valence electrons. The molecular formula is C18H12Cl2FN3O2. The minimum atomic E-state index is -0.901. The molecule has 5 nitrogen and oxygen atoms in total. The van der Waals surface area contributed by atoms with Crippen molar-refractivity contribution < 1.29 is 14.0 Å². The number of nitrogens with zero attached hydrogens (tertiary/aromatic N) is 1. The largest absolute Gasteiger partial charge is 0.356 e. The lowest BCUT2D eigenvalue weighted by Crippen LogP contribution is -2.13. The van der Waals surface area contributed by atoms with Gasteiger partial charge < -0.3 is 10.3 Å². The summed E-state index contributed by atoms with van der Waals surface area (Å²) >= 11 is 11.6. The van der Waals surface area contributed by atoms with Crippen LogP contribution in [0.25, 0.3) is 0 Å². The number of carbonyl (C=O) groups excluding carboxylic acids is 2. The van der Waals surface area contributed by atoms with Crippen LogP contribution in [0.15, 0.2) is 42.9 Å². The lowest BCUT2D eigenvalue weighted by atomic mass is 10.0. The number of halogens is 3. The summed E-state index contributed by atoms with van der Waals surface area (Å²) in [5.74, 6) is -2.04. The van der Waals surface area contributed by atoms with E-state index < -0.39 is 17.5 Å². The Hall–Kier alpha value is -2.70. The summed E-state index contributed by atoms with van der Waals surface area (Å²) in [6.45, 7) is 1.82. The second kappa shape index (κ2) is 7.27. The van der Waals surface area contributed by atoms with Gasteiger partial charge in [0.25, 0.3) is 5.91 Å². The Morgan fingerprint density at radius 3 is 2.65 bits per heavy atom. The summed E-state index contributed by atoms with van der Waals surface area (Å²) in [5.41, 5.74) is 1.26. The van der Waals surface area contributed by atoms with E-state index in [1.54, 1.807) is 12.3 Å². The van der Waals surface area contributed by atoms with Gasteiger partial charge in [-0.2, -0.15) is 0 Å². The van der Waals surface area contributed by atoms with Crippen LogP contribution < -0.4 is 5.32 Å². The van der Waals surface area contributed by atoms with Crippen molar-refractivity contribution in [3.05, 3.63) is 81.1 Å². The average molecular weight is 392 g/mol. The molecule has 1 aromatic carbocycles. The number of anilines is 1. The number of aromatic amines is 1. The number of rotatable bonds is 4. The van der Waals surface area contributed by atoms with Gasteiger partial charge in [0.1, 0.15) is 5.69 Å². The fourth-order valence-corrected chi connectivity index (χ4v) is 2.71. The molecule has 0 fully saturated rings. The molecule has 3 aromatic rings. The number of hydrogen-bond acceptors (Lipinski definition) is 3. The lowest BCUT2D eigenvalue weighted by molar-refractivity contribution is 0.102. The fourth-order valence-electron chi connectivity index (χ4n) is 2.32. The summed E-state index contributed by atoms with van der Waals surface area (Å²) < 4.78 is 14.2. The Kier molecular flexibility index (Phi) is 5.06. The Bertz CT molecular complexity index is 1020. The molecule has 0 atom stereocenters. The van der Waals surface area contributed by atoms with Gasteiger partial charge in [0.05, 0.1) is 27.5 Å². The van der Waals surface area contributed by atoms with Crippen LogP contribution in [0.1, 0.15) is 32.0 Å². The van der Waals surface area contributed by atoms with E-state index in [-0.39, 0.29) is 26.9 Å². The highest BCUT2D eigenvalue weighted by Gasteiger charge is 2.22. The van der Waals surface area contributed by atoms with Crippen molar-refractivity contribution in [1.82, 2.24) is 9.97 Å². The summed E-state index contributed by atoms with van der Waals surface area (Å²) in [5, 5.41) is 2.42. The highest BCUT2D eigenvalue weighted by atomic mass is 35.5. The van der Waals surface area contributed by atoms with Gasteiger partial charge in [-0.1, -0.05) is 23.2 Å². The van der Waals surface area contributed by atoms with E-state index in [1.165, 1.54) is 30.6 Å². The summed E-state index contributed by atoms with van der Waals surface area (Å²) in [6.07, 6.45) is 4.44. The zero-order valence-electron chi connectivity index (χ0n) is 13.4. The molecule has 0 radical (unpaired) electrons. The predicted octanol–water partition coefficient (Wildman–Crippen LogP) is 4.65. The second-order valence-corrected chi connectivity index (χ2v) is 6.31. The van der Waals surface area contributed by atoms with Crippen LogP contribution in [0.5, 0.6) is 0 Å². The molecule has 26 heavy (non-hydrogen) atoms. The normalized spacial score (nSPS) is 10.6. The number of pyridine rings is 1. The molecule has 0 aliphatic rings. The number of aryl methyl sites for hydroxylation is 1. The third-order valence-corrected chi connectivity index (χ3v) is 4.36. The van der Waals surface area contributed by atoms with E-state index in [1.807, 2.05) is 6.92 Å². The Morgan fingerprint density at radius 2 is 1.92 bits per heavy atom. The molecule has 8 heteroatoms. The van der Waals surface area contributed by atoms with Crippen molar-refractivity contribution in [1.29, 1.82) is 0 Å². The van der Waals surface area contributed by atoms with Crippen LogP contribution in [0.4, 0.5) is 10.1 Å². The predicted molar refractivity (Wildman–Crippen MR) is 97.6 cm³/mol. The van der Waals surface area contributed by atoms with E-state index in [9.17, 15) is 14.0 Å². The SMILES string of the molecule is Cc1ccncc1NC(=O)c1cc(C(=O)c2c(Cl)ccc(Cl)c2F)c[nH]1. The van der Waals surface area contributed by atoms with Crippen LogP contribution >= 0.6 is 23.2 Å². The maximum absolute atomic E-state index is 14.2. The number of benzene rings is 1. The van der Waals surface area contributed by atoms with Gasteiger partial charge in [-0.25, -0.2) is 4.39 Å². The molecule has 0 aliphatic carbocycles. The van der Waals surface area contributed by atoms with Gasteiger partial charge in [0, 0.05) is 18.0 Å². The van der Waals surface area contributed by atoms with Crippen LogP contribution in [0.2, 0.25) is 10.0 Å². The van der Waals surface area contributed by atoms with Gasteiger partial charge in [0.15, 0.2) is 11.6 Å². The molecule has 2 N–H and O–H groups in total. The Morgan fingerprint density at radius 1 is 1.19 bits per heavy atom. The van der Waals surface area contributed by atoms with E-state index >= 15 is 0 Å².